The van der Waals surface area contributed by atoms with Gasteiger partial charge < -0.3 is 5.11 Å². The summed E-state index contributed by atoms with van der Waals surface area (Å²) in [7, 11) is 0. The monoisotopic (exact) mass is 274 g/mol. The molecule has 0 aliphatic heterocycles. The van der Waals surface area contributed by atoms with Crippen molar-refractivity contribution < 1.29 is 5.11 Å². The van der Waals surface area contributed by atoms with Gasteiger partial charge in [0.25, 0.3) is 0 Å². The molecular formula is C18H14N2O. The second kappa shape index (κ2) is 5.35. The van der Waals surface area contributed by atoms with Crippen LogP contribution in [-0.4, -0.2) is 10.1 Å². The van der Waals surface area contributed by atoms with Crippen LogP contribution in [0.5, 0.6) is 0 Å². The standard InChI is InChI=1S/C18H14N2O/c1-12-5-4-6-13(9-12)18(21)17-16-8-3-2-7-15(16)14(10-19)11-20-17/h2-9,11,18,21H,1H3. The van der Waals surface area contributed by atoms with E-state index in [1.54, 1.807) is 0 Å². The third kappa shape index (κ3) is 2.37. The van der Waals surface area contributed by atoms with Crippen molar-refractivity contribution >= 4 is 10.8 Å². The first-order chi connectivity index (χ1) is 10.2. The number of aliphatic hydroxyl groups is 1. The van der Waals surface area contributed by atoms with Crippen LogP contribution in [0.15, 0.2) is 54.7 Å². The molecule has 1 atom stereocenters. The molecule has 0 saturated carbocycles. The molecule has 0 aliphatic rings. The van der Waals surface area contributed by atoms with Crippen molar-refractivity contribution in [2.75, 3.05) is 0 Å². The Kier molecular flexibility index (Phi) is 3.39. The molecular weight excluding hydrogens is 260 g/mol. The largest absolute Gasteiger partial charge is 0.382 e. The topological polar surface area (TPSA) is 56.9 Å². The number of benzene rings is 2. The number of hydrogen-bond acceptors (Lipinski definition) is 3. The van der Waals surface area contributed by atoms with Gasteiger partial charge >= 0.3 is 0 Å². The fourth-order valence-corrected chi connectivity index (χ4v) is 2.52. The number of aromatic nitrogens is 1. The van der Waals surface area contributed by atoms with Gasteiger partial charge in [-0.1, -0.05) is 54.1 Å². The highest BCUT2D eigenvalue weighted by molar-refractivity contribution is 5.89. The van der Waals surface area contributed by atoms with Crippen molar-refractivity contribution in [3.05, 3.63) is 77.1 Å². The zero-order chi connectivity index (χ0) is 14.8. The lowest BCUT2D eigenvalue weighted by Crippen LogP contribution is -2.04. The first-order valence-corrected chi connectivity index (χ1v) is 6.73. The Balaban J connectivity index is 2.19. The molecule has 0 spiro atoms. The molecule has 0 bridgehead atoms. The van der Waals surface area contributed by atoms with Crippen LogP contribution in [0.2, 0.25) is 0 Å². The Hall–Kier alpha value is -2.70. The maximum Gasteiger partial charge on any atom is 0.122 e. The summed E-state index contributed by atoms with van der Waals surface area (Å²) >= 11 is 0. The molecule has 1 N–H and O–H groups in total. The zero-order valence-corrected chi connectivity index (χ0v) is 11.6. The Labute approximate surface area is 123 Å². The van der Waals surface area contributed by atoms with E-state index in [-0.39, 0.29) is 0 Å². The normalized spacial score (nSPS) is 12.0. The average Bonchev–Trinajstić information content (AvgIpc) is 2.53. The molecule has 1 unspecified atom stereocenters. The predicted molar refractivity (Wildman–Crippen MR) is 81.7 cm³/mol. The van der Waals surface area contributed by atoms with E-state index >= 15 is 0 Å². The lowest BCUT2D eigenvalue weighted by atomic mass is 9.98. The molecule has 102 valence electrons. The summed E-state index contributed by atoms with van der Waals surface area (Å²) in [5.41, 5.74) is 2.99. The third-order valence-corrected chi connectivity index (χ3v) is 3.56. The van der Waals surface area contributed by atoms with Gasteiger partial charge in [-0.05, 0) is 12.5 Å². The molecule has 3 aromatic rings. The van der Waals surface area contributed by atoms with Crippen molar-refractivity contribution in [1.29, 1.82) is 5.26 Å². The number of pyridine rings is 1. The molecule has 1 aromatic heterocycles. The van der Waals surface area contributed by atoms with E-state index < -0.39 is 6.10 Å². The van der Waals surface area contributed by atoms with Crippen LogP contribution in [-0.2, 0) is 0 Å². The highest BCUT2D eigenvalue weighted by atomic mass is 16.3. The second-order valence-electron chi connectivity index (χ2n) is 5.03. The quantitative estimate of drug-likeness (QED) is 0.778. The van der Waals surface area contributed by atoms with Gasteiger partial charge in [0, 0.05) is 17.0 Å². The van der Waals surface area contributed by atoms with Crippen molar-refractivity contribution in [3.8, 4) is 6.07 Å². The minimum Gasteiger partial charge on any atom is -0.382 e. The zero-order valence-electron chi connectivity index (χ0n) is 11.6. The van der Waals surface area contributed by atoms with Crippen molar-refractivity contribution in [2.45, 2.75) is 13.0 Å². The molecule has 0 radical (unpaired) electrons. The van der Waals surface area contributed by atoms with Gasteiger partial charge in [-0.3, -0.25) is 4.98 Å². The Bertz CT molecular complexity index is 849. The summed E-state index contributed by atoms with van der Waals surface area (Å²) in [6.07, 6.45) is 0.721. The van der Waals surface area contributed by atoms with Gasteiger partial charge in [-0.25, -0.2) is 0 Å². The van der Waals surface area contributed by atoms with E-state index in [0.717, 1.165) is 21.9 Å². The lowest BCUT2D eigenvalue weighted by Gasteiger charge is -2.14. The molecule has 1 heterocycles. The average molecular weight is 274 g/mol. The fourth-order valence-electron chi connectivity index (χ4n) is 2.52. The number of aliphatic hydroxyl groups excluding tert-OH is 1. The summed E-state index contributed by atoms with van der Waals surface area (Å²) in [6.45, 7) is 1.99. The van der Waals surface area contributed by atoms with Crippen molar-refractivity contribution in [2.24, 2.45) is 0 Å². The third-order valence-electron chi connectivity index (χ3n) is 3.56. The van der Waals surface area contributed by atoms with E-state index in [1.165, 1.54) is 6.20 Å². The van der Waals surface area contributed by atoms with Gasteiger partial charge in [0.2, 0.25) is 0 Å². The highest BCUT2D eigenvalue weighted by Crippen LogP contribution is 2.29. The van der Waals surface area contributed by atoms with Crippen LogP contribution in [0.3, 0.4) is 0 Å². The van der Waals surface area contributed by atoms with Gasteiger partial charge in [0.1, 0.15) is 12.2 Å². The molecule has 2 aromatic carbocycles. The number of nitrogens with zero attached hydrogens (tertiary/aromatic N) is 2. The van der Waals surface area contributed by atoms with Crippen LogP contribution >= 0.6 is 0 Å². The Morgan fingerprint density at radius 2 is 1.86 bits per heavy atom. The highest BCUT2D eigenvalue weighted by Gasteiger charge is 2.16. The number of aryl methyl sites for hydroxylation is 1. The van der Waals surface area contributed by atoms with E-state index in [1.807, 2.05) is 55.5 Å². The summed E-state index contributed by atoms with van der Waals surface area (Å²) in [4.78, 5) is 4.31. The van der Waals surface area contributed by atoms with E-state index in [9.17, 15) is 5.11 Å². The molecule has 0 saturated heterocycles. The number of rotatable bonds is 2. The summed E-state index contributed by atoms with van der Waals surface area (Å²) in [6, 6.07) is 17.4. The molecule has 0 fully saturated rings. The summed E-state index contributed by atoms with van der Waals surface area (Å²) < 4.78 is 0. The lowest BCUT2D eigenvalue weighted by molar-refractivity contribution is 0.217. The van der Waals surface area contributed by atoms with Gasteiger partial charge in [-0.15, -0.1) is 0 Å². The Morgan fingerprint density at radius 3 is 2.57 bits per heavy atom. The number of nitriles is 1. The first kappa shape index (κ1) is 13.3. The fraction of sp³-hybridized carbons (Fsp3) is 0.111. The SMILES string of the molecule is Cc1cccc(C(O)c2ncc(C#N)c3ccccc23)c1. The number of hydrogen-bond donors (Lipinski definition) is 1. The molecule has 0 aliphatic carbocycles. The minimum absolute atomic E-state index is 0.519. The van der Waals surface area contributed by atoms with Crippen LogP contribution in [0.25, 0.3) is 10.8 Å². The van der Waals surface area contributed by atoms with E-state index in [0.29, 0.717) is 11.3 Å². The van der Waals surface area contributed by atoms with Gasteiger partial charge in [0.15, 0.2) is 0 Å². The maximum atomic E-state index is 10.6. The van der Waals surface area contributed by atoms with Crippen molar-refractivity contribution in [1.82, 2.24) is 4.98 Å². The molecule has 0 amide bonds. The molecule has 3 nitrogen and oxygen atoms in total. The van der Waals surface area contributed by atoms with Crippen molar-refractivity contribution in [3.63, 3.8) is 0 Å². The second-order valence-corrected chi connectivity index (χ2v) is 5.03. The van der Waals surface area contributed by atoms with Crippen LogP contribution < -0.4 is 0 Å². The summed E-state index contributed by atoms with van der Waals surface area (Å²) in [5, 5.41) is 21.4. The maximum absolute atomic E-state index is 10.6. The summed E-state index contributed by atoms with van der Waals surface area (Å²) in [5.74, 6) is 0. The molecule has 3 rings (SSSR count). The predicted octanol–water partition coefficient (Wildman–Crippen LogP) is 3.50. The van der Waals surface area contributed by atoms with Crippen LogP contribution in [0, 0.1) is 18.3 Å². The molecule has 3 heteroatoms. The smallest absolute Gasteiger partial charge is 0.122 e. The van der Waals surface area contributed by atoms with Gasteiger partial charge in [0.05, 0.1) is 11.3 Å². The van der Waals surface area contributed by atoms with Crippen LogP contribution in [0.1, 0.15) is 28.5 Å². The first-order valence-electron chi connectivity index (χ1n) is 6.73. The van der Waals surface area contributed by atoms with Gasteiger partial charge in [-0.2, -0.15) is 5.26 Å². The minimum atomic E-state index is -0.803. The van der Waals surface area contributed by atoms with E-state index in [2.05, 4.69) is 11.1 Å². The molecule has 21 heavy (non-hydrogen) atoms. The number of fused-ring (bicyclic) bond motifs is 1. The van der Waals surface area contributed by atoms with Crippen LogP contribution in [0.4, 0.5) is 0 Å². The Morgan fingerprint density at radius 1 is 1.10 bits per heavy atom. The van der Waals surface area contributed by atoms with E-state index in [4.69, 9.17) is 5.26 Å².